The van der Waals surface area contributed by atoms with E-state index in [1.54, 1.807) is 0 Å². The molecule has 3 saturated heterocycles. The van der Waals surface area contributed by atoms with Gasteiger partial charge in [-0.05, 0) is 38.5 Å². The number of nitrogens with one attached hydrogen (secondary N) is 4. The Balaban J connectivity index is 1.46. The van der Waals surface area contributed by atoms with E-state index >= 15 is 0 Å². The van der Waals surface area contributed by atoms with E-state index in [0.29, 0.717) is 12.8 Å². The number of hydrogen-bond donors (Lipinski definition) is 17. The van der Waals surface area contributed by atoms with Crippen LogP contribution in [0.25, 0.3) is 0 Å². The standard InChI is InChI=1S/C39H68N4O21S3/c44-15-20-26(50)29(53)32(56)37(62-20)65-12-7-23(47)40-10-3-1-5-18(42-25(49)9-14-67-39-34(58)31(55)28(52)22(17-46)64-39)35(59)43-19(36(60)61)6-2-4-11-41-24(48)8-13-66-38-33(57)30(54)27(51)21(16-45)63-38/h18-22,26-34,37-39,44-46,50-58H,1-17H2,(H,40,47)(H,41,48)(H,42,49)(H,43,59)(H,60,61)/t18-,19-,20+,21+,22+,26+,27-,28+,29-,30-,31-,32+,33-,34+,37+,38+,39+/m0/s1. The number of aliphatic hydroxyl groups is 12. The van der Waals surface area contributed by atoms with Crippen LogP contribution in [-0.4, -0.2) is 248 Å². The minimum atomic E-state index is -1.61. The highest BCUT2D eigenvalue weighted by molar-refractivity contribution is 8.00. The Bertz CT molecular complexity index is 1530. The molecule has 0 radical (unpaired) electrons. The van der Waals surface area contributed by atoms with E-state index in [1.807, 2.05) is 0 Å². The van der Waals surface area contributed by atoms with Gasteiger partial charge in [-0.1, -0.05) is 0 Å². The molecule has 0 aromatic heterocycles. The number of ether oxygens (including phenoxy) is 3. The maximum Gasteiger partial charge on any atom is 0.326 e. The van der Waals surface area contributed by atoms with Gasteiger partial charge >= 0.3 is 5.97 Å². The van der Waals surface area contributed by atoms with Gasteiger partial charge in [0.1, 0.15) is 102 Å². The molecule has 3 heterocycles. The van der Waals surface area contributed by atoms with E-state index in [-0.39, 0.29) is 87.1 Å². The summed E-state index contributed by atoms with van der Waals surface area (Å²) in [5.74, 6) is -3.18. The zero-order chi connectivity index (χ0) is 49.8. The molecule has 3 aliphatic heterocycles. The highest BCUT2D eigenvalue weighted by Gasteiger charge is 2.46. The summed E-state index contributed by atoms with van der Waals surface area (Å²) in [7, 11) is 0. The number of carboxylic acids is 1. The summed E-state index contributed by atoms with van der Waals surface area (Å²) < 4.78 is 16.3. The lowest BCUT2D eigenvalue weighted by Gasteiger charge is -2.39. The number of unbranched alkanes of at least 4 members (excludes halogenated alkanes) is 2. The number of amides is 4. The van der Waals surface area contributed by atoms with Crippen LogP contribution in [0, 0.1) is 0 Å². The molecule has 0 aliphatic carbocycles. The third-order valence-electron chi connectivity index (χ3n) is 11.1. The average molecular weight is 1030 g/mol. The van der Waals surface area contributed by atoms with Crippen molar-refractivity contribution in [3.05, 3.63) is 0 Å². The second kappa shape index (κ2) is 30.5. The molecule has 67 heavy (non-hydrogen) atoms. The van der Waals surface area contributed by atoms with Crippen molar-refractivity contribution in [1.29, 1.82) is 0 Å². The highest BCUT2D eigenvalue weighted by Crippen LogP contribution is 2.31. The quantitative estimate of drug-likeness (QED) is 0.0310. The van der Waals surface area contributed by atoms with Crippen molar-refractivity contribution in [3.8, 4) is 0 Å². The third kappa shape index (κ3) is 18.8. The van der Waals surface area contributed by atoms with E-state index in [1.165, 1.54) is 0 Å². The number of carbonyl (C=O) groups is 5. The predicted molar refractivity (Wildman–Crippen MR) is 238 cm³/mol. The second-order valence-electron chi connectivity index (χ2n) is 16.2. The molecule has 28 heteroatoms. The Hall–Kier alpha value is -2.20. The molecule has 17 N–H and O–H groups in total. The van der Waals surface area contributed by atoms with E-state index in [4.69, 9.17) is 14.2 Å². The summed E-state index contributed by atoms with van der Waals surface area (Å²) in [6.45, 7) is -1.49. The number of aliphatic hydroxyl groups excluding tert-OH is 12. The topological polar surface area (TPSA) is 424 Å². The second-order valence-corrected chi connectivity index (χ2v) is 19.8. The van der Waals surface area contributed by atoms with Gasteiger partial charge in [0, 0.05) is 49.6 Å². The van der Waals surface area contributed by atoms with Crippen LogP contribution in [0.3, 0.4) is 0 Å². The van der Waals surface area contributed by atoms with Crippen molar-refractivity contribution < 1.29 is 105 Å². The monoisotopic (exact) mass is 1020 g/mol. The Kier molecular flexibility index (Phi) is 26.9. The lowest BCUT2D eigenvalue weighted by atomic mass is 10.0. The average Bonchev–Trinajstić information content (AvgIpc) is 3.30. The van der Waals surface area contributed by atoms with E-state index in [9.17, 15) is 90.4 Å². The highest BCUT2D eigenvalue weighted by atomic mass is 32.2. The summed E-state index contributed by atoms with van der Waals surface area (Å²) in [5, 5.41) is 139. The van der Waals surface area contributed by atoms with Crippen LogP contribution < -0.4 is 21.3 Å². The van der Waals surface area contributed by atoms with Crippen LogP contribution in [0.1, 0.15) is 57.8 Å². The maximum absolute atomic E-state index is 13.5. The van der Waals surface area contributed by atoms with Crippen molar-refractivity contribution in [2.24, 2.45) is 0 Å². The predicted octanol–water partition coefficient (Wildman–Crippen LogP) is -6.62. The van der Waals surface area contributed by atoms with Gasteiger partial charge in [0.2, 0.25) is 23.6 Å². The van der Waals surface area contributed by atoms with Gasteiger partial charge < -0.3 is 102 Å². The Morgan fingerprint density at radius 2 is 0.791 bits per heavy atom. The molecule has 3 aliphatic rings. The van der Waals surface area contributed by atoms with Gasteiger partial charge in [0.25, 0.3) is 0 Å². The lowest BCUT2D eigenvalue weighted by Crippen LogP contribution is -2.57. The van der Waals surface area contributed by atoms with Gasteiger partial charge in [-0.15, -0.1) is 35.3 Å². The molecular weight excluding hydrogens is 957 g/mol. The van der Waals surface area contributed by atoms with Gasteiger partial charge in [-0.3, -0.25) is 19.2 Å². The third-order valence-corrected chi connectivity index (χ3v) is 14.6. The van der Waals surface area contributed by atoms with E-state index in [2.05, 4.69) is 21.3 Å². The molecule has 3 rings (SSSR count). The number of hydrogen-bond acceptors (Lipinski definition) is 23. The van der Waals surface area contributed by atoms with Crippen molar-refractivity contribution in [2.45, 2.75) is 159 Å². The molecule has 25 nitrogen and oxygen atoms in total. The first-order chi connectivity index (χ1) is 31.8. The Morgan fingerprint density at radius 3 is 1.13 bits per heavy atom. The summed E-state index contributed by atoms with van der Waals surface area (Å²) in [6, 6.07) is -2.60. The molecule has 0 unspecified atom stereocenters. The number of rotatable bonds is 29. The zero-order valence-corrected chi connectivity index (χ0v) is 39.1. The maximum atomic E-state index is 13.5. The van der Waals surface area contributed by atoms with Crippen molar-refractivity contribution in [3.63, 3.8) is 0 Å². The van der Waals surface area contributed by atoms with Gasteiger partial charge in [0.15, 0.2) is 0 Å². The summed E-state index contributed by atoms with van der Waals surface area (Å²) in [5.41, 5.74) is -3.09. The van der Waals surface area contributed by atoms with Crippen LogP contribution in [0.15, 0.2) is 0 Å². The summed E-state index contributed by atoms with van der Waals surface area (Å²) in [4.78, 5) is 63.6. The number of carbonyl (C=O) groups excluding carboxylic acids is 4. The SMILES string of the molecule is O=C(CCS[C@H]1O[C@H](CO)[C@@H](O)[C@H](O)[C@H]1O)NCCCC[C@H](NC(=O)CCS[C@H]1O[C@H](CO)[C@@H](O)[C@H](O)[C@H]1O)C(=O)N[C@@H](CCCCNC(=O)CCS[C@H]1O[C@H](CO)[C@H](O)[C@H](O)[C@@H]1O)C(=O)O. The molecule has 0 bridgehead atoms. The number of thioether (sulfide) groups is 3. The smallest absolute Gasteiger partial charge is 0.326 e. The minimum absolute atomic E-state index is 0.00685. The van der Waals surface area contributed by atoms with Gasteiger partial charge in [0.05, 0.1) is 19.8 Å². The fourth-order valence-electron chi connectivity index (χ4n) is 7.06. The van der Waals surface area contributed by atoms with Crippen LogP contribution in [0.2, 0.25) is 0 Å². The molecular formula is C39H68N4O21S3. The summed E-state index contributed by atoms with van der Waals surface area (Å²) >= 11 is 2.96. The zero-order valence-electron chi connectivity index (χ0n) is 36.6. The Morgan fingerprint density at radius 1 is 0.448 bits per heavy atom. The van der Waals surface area contributed by atoms with Crippen molar-refractivity contribution in [1.82, 2.24) is 21.3 Å². The number of aliphatic carboxylic acids is 1. The molecule has 0 aromatic carbocycles. The van der Waals surface area contributed by atoms with Crippen LogP contribution in [0.5, 0.6) is 0 Å². The van der Waals surface area contributed by atoms with Crippen LogP contribution in [-0.2, 0) is 38.2 Å². The first-order valence-electron chi connectivity index (χ1n) is 22.0. The fourth-order valence-corrected chi connectivity index (χ4v) is 10.4. The first-order valence-corrected chi connectivity index (χ1v) is 25.1. The normalized spacial score (nSPS) is 33.0. The molecule has 17 atom stereocenters. The molecule has 0 saturated carbocycles. The van der Waals surface area contributed by atoms with Gasteiger partial charge in [-0.2, -0.15) is 0 Å². The minimum Gasteiger partial charge on any atom is -0.480 e. The molecule has 0 aromatic rings. The molecule has 4 amide bonds. The van der Waals surface area contributed by atoms with Crippen molar-refractivity contribution in [2.75, 3.05) is 50.2 Å². The fraction of sp³-hybridized carbons (Fsp3) is 0.872. The van der Waals surface area contributed by atoms with Crippen LogP contribution >= 0.6 is 35.3 Å². The van der Waals surface area contributed by atoms with E-state index < -0.39 is 139 Å². The molecule has 3 fully saturated rings. The first kappa shape index (κ1) is 59.1. The largest absolute Gasteiger partial charge is 0.480 e. The molecule has 388 valence electrons. The van der Waals surface area contributed by atoms with Crippen molar-refractivity contribution >= 4 is 64.9 Å². The van der Waals surface area contributed by atoms with Gasteiger partial charge in [-0.25, -0.2) is 4.79 Å². The summed E-state index contributed by atoms with van der Waals surface area (Å²) in [6.07, 6.45) is -16.1. The number of carboxylic acid groups (broad SMARTS) is 1. The molecule has 0 spiro atoms. The van der Waals surface area contributed by atoms with Crippen LogP contribution in [0.4, 0.5) is 0 Å². The Labute approximate surface area is 399 Å². The van der Waals surface area contributed by atoms with E-state index in [0.717, 1.165) is 35.3 Å². The lowest BCUT2D eigenvalue weighted by molar-refractivity contribution is -0.205.